The molecule has 0 aliphatic carbocycles. The van der Waals surface area contributed by atoms with Crippen LogP contribution in [-0.4, -0.2) is 20.3 Å². The predicted molar refractivity (Wildman–Crippen MR) is 76.8 cm³/mol. The molecule has 0 saturated heterocycles. The minimum Gasteiger partial charge on any atom is -0.308 e. The average Bonchev–Trinajstić information content (AvgIpc) is 2.73. The first kappa shape index (κ1) is 12.6. The summed E-state index contributed by atoms with van der Waals surface area (Å²) < 4.78 is 1.38. The second-order valence-corrected chi connectivity index (χ2v) is 5.90. The Kier molecular flexibility index (Phi) is 3.82. The number of benzene rings is 1. The Hall–Kier alpha value is -0.900. The van der Waals surface area contributed by atoms with Crippen LogP contribution in [0.4, 0.5) is 0 Å². The van der Waals surface area contributed by atoms with Crippen molar-refractivity contribution in [1.29, 1.82) is 0 Å². The quantitative estimate of drug-likeness (QED) is 0.628. The Labute approximate surface area is 107 Å². The van der Waals surface area contributed by atoms with Gasteiger partial charge in [0.1, 0.15) is 0 Å². The fourth-order valence-electron chi connectivity index (χ4n) is 2.10. The summed E-state index contributed by atoms with van der Waals surface area (Å²) in [5, 5.41) is 10.2. The van der Waals surface area contributed by atoms with Crippen molar-refractivity contribution in [3.8, 4) is 0 Å². The van der Waals surface area contributed by atoms with Gasteiger partial charge in [0.15, 0.2) is 0 Å². The average molecular weight is 248 g/mol. The number of rotatable bonds is 5. The molecule has 0 saturated carbocycles. The van der Waals surface area contributed by atoms with E-state index in [4.69, 9.17) is 0 Å². The molecular weight excluding hydrogens is 228 g/mol. The maximum atomic E-state index is 3.42. The lowest BCUT2D eigenvalue weighted by Gasteiger charge is -2.25. The lowest BCUT2D eigenvalue weighted by molar-refractivity contribution is 0.464. The summed E-state index contributed by atoms with van der Waals surface area (Å²) in [6, 6.07) is 8.64. The van der Waals surface area contributed by atoms with Gasteiger partial charge in [0.05, 0.1) is 0 Å². The molecule has 17 heavy (non-hydrogen) atoms. The topological polar surface area (TPSA) is 24.1 Å². The summed E-state index contributed by atoms with van der Waals surface area (Å²) in [6.07, 6.45) is 0. The zero-order chi connectivity index (χ0) is 12.3. The van der Waals surface area contributed by atoms with Crippen LogP contribution in [0.1, 0.15) is 19.4 Å². The van der Waals surface area contributed by atoms with Gasteiger partial charge in [0.2, 0.25) is 0 Å². The van der Waals surface area contributed by atoms with E-state index in [2.05, 4.69) is 54.1 Å². The second kappa shape index (κ2) is 5.17. The molecule has 0 atom stereocenters. The number of fused-ring (bicyclic) bond motifs is 1. The normalized spacial score (nSPS) is 12.2. The Morgan fingerprint density at radius 1 is 1.24 bits per heavy atom. The molecule has 0 spiro atoms. The standard InChI is InChI=1S/C14H20N2S/c1-14(2,9-16-10-15-3)12-8-17-13-7-5-4-6-11(12)13/h4-8,15-16H,9-10H2,1-3H3. The molecule has 0 fully saturated rings. The molecule has 0 amide bonds. The van der Waals surface area contributed by atoms with Crippen molar-refractivity contribution in [2.24, 2.45) is 0 Å². The molecule has 2 rings (SSSR count). The van der Waals surface area contributed by atoms with Gasteiger partial charge in [0.25, 0.3) is 0 Å². The minimum absolute atomic E-state index is 0.163. The number of hydrogen-bond acceptors (Lipinski definition) is 3. The molecule has 92 valence electrons. The molecule has 0 aliphatic rings. The highest BCUT2D eigenvalue weighted by atomic mass is 32.1. The van der Waals surface area contributed by atoms with Crippen LogP contribution in [0.5, 0.6) is 0 Å². The smallest absolute Gasteiger partial charge is 0.0452 e. The molecule has 1 heterocycles. The van der Waals surface area contributed by atoms with Crippen molar-refractivity contribution < 1.29 is 0 Å². The number of thiophene rings is 1. The van der Waals surface area contributed by atoms with Gasteiger partial charge < -0.3 is 10.6 Å². The minimum atomic E-state index is 0.163. The van der Waals surface area contributed by atoms with Gasteiger partial charge in [-0.3, -0.25) is 0 Å². The van der Waals surface area contributed by atoms with Crippen LogP contribution in [0, 0.1) is 0 Å². The molecule has 1 aromatic heterocycles. The van der Waals surface area contributed by atoms with E-state index in [0.717, 1.165) is 13.2 Å². The maximum absolute atomic E-state index is 3.42. The van der Waals surface area contributed by atoms with Gasteiger partial charge >= 0.3 is 0 Å². The third kappa shape index (κ3) is 2.68. The summed E-state index contributed by atoms with van der Waals surface area (Å²) in [5.41, 5.74) is 1.61. The van der Waals surface area contributed by atoms with Crippen LogP contribution in [0.15, 0.2) is 29.6 Å². The molecule has 1 aromatic carbocycles. The highest BCUT2D eigenvalue weighted by Gasteiger charge is 2.23. The van der Waals surface area contributed by atoms with Crippen molar-refractivity contribution in [1.82, 2.24) is 10.6 Å². The van der Waals surface area contributed by atoms with Gasteiger partial charge in [-0.1, -0.05) is 32.0 Å². The number of hydrogen-bond donors (Lipinski definition) is 2. The van der Waals surface area contributed by atoms with E-state index < -0.39 is 0 Å². The van der Waals surface area contributed by atoms with E-state index in [1.165, 1.54) is 15.6 Å². The van der Waals surface area contributed by atoms with E-state index in [9.17, 15) is 0 Å². The Morgan fingerprint density at radius 3 is 2.76 bits per heavy atom. The van der Waals surface area contributed by atoms with Crippen molar-refractivity contribution in [3.05, 3.63) is 35.2 Å². The van der Waals surface area contributed by atoms with Crippen LogP contribution in [0.2, 0.25) is 0 Å². The van der Waals surface area contributed by atoms with Crippen molar-refractivity contribution in [2.75, 3.05) is 20.3 Å². The summed E-state index contributed by atoms with van der Waals surface area (Å²) in [6.45, 7) is 6.42. The molecule has 2 aromatic rings. The van der Waals surface area contributed by atoms with Crippen molar-refractivity contribution >= 4 is 21.4 Å². The highest BCUT2D eigenvalue weighted by molar-refractivity contribution is 7.17. The van der Waals surface area contributed by atoms with E-state index in [0.29, 0.717) is 0 Å². The molecule has 0 unspecified atom stereocenters. The third-order valence-corrected chi connectivity index (χ3v) is 4.04. The predicted octanol–water partition coefficient (Wildman–Crippen LogP) is 2.95. The third-order valence-electron chi connectivity index (χ3n) is 3.08. The second-order valence-electron chi connectivity index (χ2n) is 4.99. The largest absolute Gasteiger partial charge is 0.308 e. The van der Waals surface area contributed by atoms with E-state index >= 15 is 0 Å². The first-order valence-corrected chi connectivity index (χ1v) is 6.85. The molecule has 0 aliphatic heterocycles. The van der Waals surface area contributed by atoms with Gasteiger partial charge in [0, 0.05) is 23.3 Å². The van der Waals surface area contributed by atoms with Crippen molar-refractivity contribution in [3.63, 3.8) is 0 Å². The Morgan fingerprint density at radius 2 is 2.00 bits per heavy atom. The molecule has 2 N–H and O–H groups in total. The Bertz CT molecular complexity index is 488. The first-order chi connectivity index (χ1) is 8.15. The fourth-order valence-corrected chi connectivity index (χ4v) is 3.25. The van der Waals surface area contributed by atoms with E-state index in [-0.39, 0.29) is 5.41 Å². The SMILES string of the molecule is CNCNCC(C)(C)c1csc2ccccc12. The van der Waals surface area contributed by atoms with Crippen LogP contribution < -0.4 is 10.6 Å². The lowest BCUT2D eigenvalue weighted by Crippen LogP contribution is -2.37. The maximum Gasteiger partial charge on any atom is 0.0452 e. The van der Waals surface area contributed by atoms with Crippen molar-refractivity contribution in [2.45, 2.75) is 19.3 Å². The molecule has 2 nitrogen and oxygen atoms in total. The van der Waals surface area contributed by atoms with Gasteiger partial charge in [-0.05, 0) is 29.4 Å². The first-order valence-electron chi connectivity index (χ1n) is 5.97. The van der Waals surface area contributed by atoms with Crippen LogP contribution >= 0.6 is 11.3 Å². The van der Waals surface area contributed by atoms with Gasteiger partial charge in [-0.15, -0.1) is 11.3 Å². The fraction of sp³-hybridized carbons (Fsp3) is 0.429. The monoisotopic (exact) mass is 248 g/mol. The van der Waals surface area contributed by atoms with Crippen LogP contribution in [-0.2, 0) is 5.41 Å². The molecular formula is C14H20N2S. The van der Waals surface area contributed by atoms with Gasteiger partial charge in [-0.2, -0.15) is 0 Å². The summed E-state index contributed by atoms with van der Waals surface area (Å²) in [4.78, 5) is 0. The van der Waals surface area contributed by atoms with E-state index in [1.807, 2.05) is 18.4 Å². The lowest BCUT2D eigenvalue weighted by atomic mass is 9.84. The zero-order valence-corrected chi connectivity index (χ0v) is 11.5. The Balaban J connectivity index is 2.25. The molecule has 0 bridgehead atoms. The highest BCUT2D eigenvalue weighted by Crippen LogP contribution is 2.34. The van der Waals surface area contributed by atoms with Crippen LogP contribution in [0.3, 0.4) is 0 Å². The zero-order valence-electron chi connectivity index (χ0n) is 10.7. The number of nitrogens with one attached hydrogen (secondary N) is 2. The summed E-state index contributed by atoms with van der Waals surface area (Å²) in [5.74, 6) is 0. The van der Waals surface area contributed by atoms with Gasteiger partial charge in [-0.25, -0.2) is 0 Å². The van der Waals surface area contributed by atoms with Crippen LogP contribution in [0.25, 0.3) is 10.1 Å². The summed E-state index contributed by atoms with van der Waals surface area (Å²) >= 11 is 1.84. The molecule has 0 radical (unpaired) electrons. The summed E-state index contributed by atoms with van der Waals surface area (Å²) in [7, 11) is 1.96. The van der Waals surface area contributed by atoms with E-state index in [1.54, 1.807) is 0 Å². The molecule has 3 heteroatoms.